The zero-order valence-electron chi connectivity index (χ0n) is 17.2. The van der Waals surface area contributed by atoms with Crippen molar-refractivity contribution in [3.63, 3.8) is 0 Å². The first kappa shape index (κ1) is 19.1. The van der Waals surface area contributed by atoms with E-state index in [-0.39, 0.29) is 19.5 Å². The van der Waals surface area contributed by atoms with Crippen LogP contribution >= 0.6 is 0 Å². The molecule has 7 heteroatoms. The van der Waals surface area contributed by atoms with E-state index in [1.807, 2.05) is 35.2 Å². The third-order valence-electron chi connectivity index (χ3n) is 6.24. The predicted molar refractivity (Wildman–Crippen MR) is 109 cm³/mol. The highest BCUT2D eigenvalue weighted by molar-refractivity contribution is 5.95. The molecule has 5 rings (SSSR count). The summed E-state index contributed by atoms with van der Waals surface area (Å²) in [5.74, 6) is 2.82. The minimum Gasteiger partial charge on any atom is -0.454 e. The monoisotopic (exact) mass is 411 g/mol. The molecule has 1 amide bonds. The van der Waals surface area contributed by atoms with E-state index in [9.17, 15) is 4.79 Å². The fourth-order valence-electron chi connectivity index (χ4n) is 4.63. The number of benzene rings is 2. The number of quaternary nitrogens is 1. The molecule has 0 radical (unpaired) electrons. The number of hydrogen-bond acceptors (Lipinski definition) is 5. The molecular weight excluding hydrogens is 384 g/mol. The Bertz CT molecular complexity index is 947. The number of rotatable bonds is 6. The average molecular weight is 411 g/mol. The second-order valence-electron chi connectivity index (χ2n) is 8.04. The topological polar surface area (TPSA) is 61.7 Å². The number of likely N-dealkylation sites (N-methyl/N-ethyl adjacent to an activating group) is 1. The van der Waals surface area contributed by atoms with Crippen LogP contribution in [0.15, 0.2) is 36.4 Å². The number of nitrogens with zero attached hydrogens (tertiary/aromatic N) is 1. The number of hydrogen-bond donors (Lipinski definition) is 1. The Kier molecular flexibility index (Phi) is 5.12. The van der Waals surface area contributed by atoms with Crippen molar-refractivity contribution < 1.29 is 28.6 Å². The summed E-state index contributed by atoms with van der Waals surface area (Å²) in [6.07, 6.45) is 2.36. The van der Waals surface area contributed by atoms with Crippen LogP contribution in [0.25, 0.3) is 0 Å². The summed E-state index contributed by atoms with van der Waals surface area (Å²) in [6.45, 7) is 6.18. The fraction of sp³-hybridized carbons (Fsp3) is 0.435. The van der Waals surface area contributed by atoms with E-state index < -0.39 is 0 Å². The molecule has 1 N–H and O–H groups in total. The molecule has 2 aromatic carbocycles. The molecule has 0 aliphatic carbocycles. The third-order valence-corrected chi connectivity index (χ3v) is 6.24. The number of nitrogens with one attached hydrogen (secondary N) is 1. The maximum Gasteiger partial charge on any atom is 0.254 e. The highest BCUT2D eigenvalue weighted by atomic mass is 16.7. The molecule has 3 aliphatic heterocycles. The minimum absolute atomic E-state index is 0.00770. The lowest BCUT2D eigenvalue weighted by Crippen LogP contribution is -3.14. The zero-order valence-corrected chi connectivity index (χ0v) is 17.2. The van der Waals surface area contributed by atoms with E-state index >= 15 is 0 Å². The van der Waals surface area contributed by atoms with Gasteiger partial charge in [-0.2, -0.15) is 0 Å². The molecular formula is C23H27N2O5+. The van der Waals surface area contributed by atoms with E-state index in [1.165, 1.54) is 13.0 Å². The van der Waals surface area contributed by atoms with E-state index in [2.05, 4.69) is 6.92 Å². The number of carbonyl (C=O) groups excluding carboxylic acids is 1. The molecule has 2 aromatic rings. The van der Waals surface area contributed by atoms with Gasteiger partial charge in [-0.3, -0.25) is 4.79 Å². The third kappa shape index (κ3) is 3.65. The van der Waals surface area contributed by atoms with Crippen LogP contribution in [0.3, 0.4) is 0 Å². The van der Waals surface area contributed by atoms with Crippen LogP contribution in [0.5, 0.6) is 23.0 Å². The van der Waals surface area contributed by atoms with Crippen LogP contribution in [0.2, 0.25) is 0 Å². The molecule has 3 heterocycles. The van der Waals surface area contributed by atoms with Crippen molar-refractivity contribution in [1.82, 2.24) is 4.90 Å². The van der Waals surface area contributed by atoms with Crippen LogP contribution in [0.4, 0.5) is 0 Å². The van der Waals surface area contributed by atoms with Gasteiger partial charge in [0.25, 0.3) is 5.91 Å². The van der Waals surface area contributed by atoms with E-state index in [1.54, 1.807) is 11.0 Å². The molecule has 1 saturated heterocycles. The van der Waals surface area contributed by atoms with Crippen molar-refractivity contribution >= 4 is 5.91 Å². The Labute approximate surface area is 176 Å². The Balaban J connectivity index is 1.40. The number of likely N-dealkylation sites (tertiary alicyclic amines) is 1. The average Bonchev–Trinajstić information content (AvgIpc) is 3.51. The zero-order chi connectivity index (χ0) is 20.5. The Morgan fingerprint density at radius 3 is 2.47 bits per heavy atom. The number of carbonyl (C=O) groups is 1. The number of amides is 1. The van der Waals surface area contributed by atoms with Crippen LogP contribution in [0.1, 0.15) is 35.7 Å². The van der Waals surface area contributed by atoms with Crippen molar-refractivity contribution in [1.29, 1.82) is 0 Å². The highest BCUT2D eigenvalue weighted by Crippen LogP contribution is 2.34. The Morgan fingerprint density at radius 2 is 1.70 bits per heavy atom. The lowest BCUT2D eigenvalue weighted by molar-refractivity contribution is -0.909. The fourth-order valence-corrected chi connectivity index (χ4v) is 4.63. The van der Waals surface area contributed by atoms with Crippen LogP contribution in [-0.4, -0.2) is 50.1 Å². The summed E-state index contributed by atoms with van der Waals surface area (Å²) in [7, 11) is 0. The molecule has 30 heavy (non-hydrogen) atoms. The van der Waals surface area contributed by atoms with Gasteiger partial charge in [0.05, 0.1) is 19.6 Å². The lowest BCUT2D eigenvalue weighted by atomic mass is 10.1. The van der Waals surface area contributed by atoms with Gasteiger partial charge in [0.2, 0.25) is 13.6 Å². The standard InChI is InChI=1S/C23H26N2O5/c1-2-24-9-3-4-18(24)13-25(12-16-5-7-19-21(10-16)29-14-27-19)23(26)17-6-8-20-22(11-17)30-15-28-20/h5-8,10-11,18H,2-4,9,12-15H2,1H3/p+1/t18-/m1/s1. The SMILES string of the molecule is CC[NH+]1CCC[C@@H]1CN(Cc1ccc2c(c1)OCO2)C(=O)c1ccc2c(c1)OCO2. The van der Waals surface area contributed by atoms with Gasteiger partial charge in [-0.05, 0) is 42.8 Å². The van der Waals surface area contributed by atoms with Crippen molar-refractivity contribution in [3.8, 4) is 23.0 Å². The minimum atomic E-state index is 0.00770. The van der Waals surface area contributed by atoms with Crippen molar-refractivity contribution in [2.45, 2.75) is 32.4 Å². The first-order valence-electron chi connectivity index (χ1n) is 10.6. The maximum absolute atomic E-state index is 13.5. The maximum atomic E-state index is 13.5. The summed E-state index contributed by atoms with van der Waals surface area (Å²) >= 11 is 0. The smallest absolute Gasteiger partial charge is 0.254 e. The van der Waals surface area contributed by atoms with Crippen LogP contribution in [-0.2, 0) is 6.54 Å². The summed E-state index contributed by atoms with van der Waals surface area (Å²) in [4.78, 5) is 17.1. The molecule has 7 nitrogen and oxygen atoms in total. The van der Waals surface area contributed by atoms with Gasteiger partial charge in [0, 0.05) is 24.9 Å². The molecule has 0 spiro atoms. The normalized spacial score (nSPS) is 21.1. The summed E-state index contributed by atoms with van der Waals surface area (Å²) in [5, 5.41) is 0. The summed E-state index contributed by atoms with van der Waals surface area (Å²) in [6, 6.07) is 11.8. The van der Waals surface area contributed by atoms with Crippen molar-refractivity contribution in [3.05, 3.63) is 47.5 Å². The molecule has 1 fully saturated rings. The summed E-state index contributed by atoms with van der Waals surface area (Å²) in [5.41, 5.74) is 1.65. The Hall–Kier alpha value is -2.93. The summed E-state index contributed by atoms with van der Waals surface area (Å²) < 4.78 is 21.8. The number of fused-ring (bicyclic) bond motifs is 2. The first-order valence-corrected chi connectivity index (χ1v) is 10.6. The molecule has 1 unspecified atom stereocenters. The quantitative estimate of drug-likeness (QED) is 0.786. The second-order valence-corrected chi connectivity index (χ2v) is 8.04. The molecule has 158 valence electrons. The van der Waals surface area contributed by atoms with E-state index in [0.717, 1.165) is 36.6 Å². The molecule has 0 saturated carbocycles. The second kappa shape index (κ2) is 8.07. The predicted octanol–water partition coefficient (Wildman–Crippen LogP) is 1.85. The Morgan fingerprint density at radius 1 is 1.00 bits per heavy atom. The van der Waals surface area contributed by atoms with Crippen molar-refractivity contribution in [2.24, 2.45) is 0 Å². The van der Waals surface area contributed by atoms with Gasteiger partial charge < -0.3 is 28.7 Å². The van der Waals surface area contributed by atoms with E-state index in [0.29, 0.717) is 29.6 Å². The van der Waals surface area contributed by atoms with Gasteiger partial charge in [0.1, 0.15) is 6.04 Å². The molecule has 3 aliphatic rings. The largest absolute Gasteiger partial charge is 0.454 e. The molecule has 0 bridgehead atoms. The van der Waals surface area contributed by atoms with Gasteiger partial charge >= 0.3 is 0 Å². The lowest BCUT2D eigenvalue weighted by Gasteiger charge is -2.28. The van der Waals surface area contributed by atoms with Gasteiger partial charge in [-0.25, -0.2) is 0 Å². The molecule has 0 aromatic heterocycles. The van der Waals surface area contributed by atoms with Crippen molar-refractivity contribution in [2.75, 3.05) is 33.2 Å². The van der Waals surface area contributed by atoms with Gasteiger partial charge in [-0.1, -0.05) is 6.07 Å². The number of ether oxygens (including phenoxy) is 4. The molecule has 2 atom stereocenters. The first-order chi connectivity index (χ1) is 14.7. The van der Waals surface area contributed by atoms with Gasteiger partial charge in [-0.15, -0.1) is 0 Å². The van der Waals surface area contributed by atoms with E-state index in [4.69, 9.17) is 18.9 Å². The highest BCUT2D eigenvalue weighted by Gasteiger charge is 2.31. The van der Waals surface area contributed by atoms with Crippen LogP contribution in [0, 0.1) is 0 Å². The van der Waals surface area contributed by atoms with Crippen LogP contribution < -0.4 is 23.8 Å². The van der Waals surface area contributed by atoms with Gasteiger partial charge in [0.15, 0.2) is 23.0 Å².